The van der Waals surface area contributed by atoms with E-state index >= 15 is 0 Å². The van der Waals surface area contributed by atoms with Crippen LogP contribution in [-0.2, 0) is 4.79 Å². The molecule has 86 valence electrons. The Bertz CT molecular complexity index is 415. The summed E-state index contributed by atoms with van der Waals surface area (Å²) in [5, 5.41) is 2.08. The van der Waals surface area contributed by atoms with Crippen LogP contribution in [0.1, 0.15) is 17.3 Å². The number of nitrogens with one attached hydrogen (secondary N) is 1. The van der Waals surface area contributed by atoms with Crippen molar-refractivity contribution < 1.29 is 18.4 Å². The van der Waals surface area contributed by atoms with Gasteiger partial charge < -0.3 is 11.1 Å². The molecular formula is C10H10F2N2O2. The minimum atomic E-state index is -1.01. The molecule has 0 fully saturated rings. The molecule has 2 amide bonds. The summed E-state index contributed by atoms with van der Waals surface area (Å²) in [7, 11) is 0. The second-order valence-corrected chi connectivity index (χ2v) is 3.19. The van der Waals surface area contributed by atoms with Crippen molar-refractivity contribution in [2.24, 2.45) is 5.73 Å². The Balaban J connectivity index is 2.93. The molecular weight excluding hydrogens is 218 g/mol. The molecule has 0 bridgehead atoms. The van der Waals surface area contributed by atoms with Gasteiger partial charge in [0.05, 0.1) is 0 Å². The number of rotatable bonds is 3. The lowest BCUT2D eigenvalue weighted by Crippen LogP contribution is -2.42. The lowest BCUT2D eigenvalue weighted by molar-refractivity contribution is -0.119. The Labute approximate surface area is 90.4 Å². The van der Waals surface area contributed by atoms with E-state index in [1.165, 1.54) is 6.92 Å². The van der Waals surface area contributed by atoms with Crippen molar-refractivity contribution in [1.82, 2.24) is 5.32 Å². The number of primary amides is 1. The summed E-state index contributed by atoms with van der Waals surface area (Å²) < 4.78 is 26.3. The molecule has 0 heterocycles. The van der Waals surface area contributed by atoms with E-state index in [0.29, 0.717) is 0 Å². The number of hydrogen-bond donors (Lipinski definition) is 2. The fourth-order valence-electron chi connectivity index (χ4n) is 1.05. The van der Waals surface area contributed by atoms with Gasteiger partial charge >= 0.3 is 0 Å². The average Bonchev–Trinajstić information content (AvgIpc) is 2.16. The van der Waals surface area contributed by atoms with Crippen molar-refractivity contribution in [3.8, 4) is 0 Å². The first-order chi connectivity index (χ1) is 7.43. The standard InChI is InChI=1S/C10H10F2N2O2/c1-5(9(13)15)14-10(16)8-6(11)3-2-4-7(8)12/h2-5H,1H3,(H2,13,15)(H,14,16). The zero-order chi connectivity index (χ0) is 12.3. The first-order valence-electron chi connectivity index (χ1n) is 4.47. The van der Waals surface area contributed by atoms with Gasteiger partial charge in [-0.3, -0.25) is 9.59 Å². The maximum atomic E-state index is 13.1. The zero-order valence-corrected chi connectivity index (χ0v) is 8.46. The Morgan fingerprint density at radius 3 is 2.25 bits per heavy atom. The van der Waals surface area contributed by atoms with Crippen molar-refractivity contribution in [3.63, 3.8) is 0 Å². The van der Waals surface area contributed by atoms with E-state index in [2.05, 4.69) is 5.32 Å². The van der Waals surface area contributed by atoms with E-state index in [-0.39, 0.29) is 0 Å². The molecule has 0 saturated carbocycles. The van der Waals surface area contributed by atoms with E-state index in [1.54, 1.807) is 0 Å². The molecule has 6 heteroatoms. The van der Waals surface area contributed by atoms with Crippen molar-refractivity contribution in [1.29, 1.82) is 0 Å². The summed E-state index contributed by atoms with van der Waals surface area (Å²) in [6, 6.07) is 2.05. The maximum absolute atomic E-state index is 13.1. The first kappa shape index (κ1) is 12.1. The normalized spacial score (nSPS) is 11.9. The molecule has 0 saturated heterocycles. The highest BCUT2D eigenvalue weighted by Crippen LogP contribution is 2.11. The highest BCUT2D eigenvalue weighted by molar-refractivity contribution is 5.97. The second kappa shape index (κ2) is 4.69. The Morgan fingerprint density at radius 2 is 1.81 bits per heavy atom. The van der Waals surface area contributed by atoms with Crippen LogP contribution in [0.3, 0.4) is 0 Å². The molecule has 1 aromatic rings. The van der Waals surface area contributed by atoms with E-state index in [4.69, 9.17) is 5.73 Å². The molecule has 1 unspecified atom stereocenters. The van der Waals surface area contributed by atoms with Gasteiger partial charge in [-0.25, -0.2) is 8.78 Å². The molecule has 0 spiro atoms. The van der Waals surface area contributed by atoms with E-state index in [1.807, 2.05) is 0 Å². The summed E-state index contributed by atoms with van der Waals surface area (Å²) in [4.78, 5) is 22.1. The Morgan fingerprint density at radius 1 is 1.31 bits per heavy atom. The minimum absolute atomic E-state index is 0.726. The number of amides is 2. The third-order valence-corrected chi connectivity index (χ3v) is 1.96. The van der Waals surface area contributed by atoms with Crippen LogP contribution in [0.15, 0.2) is 18.2 Å². The second-order valence-electron chi connectivity index (χ2n) is 3.19. The van der Waals surface area contributed by atoms with E-state index in [9.17, 15) is 18.4 Å². The van der Waals surface area contributed by atoms with Crippen LogP contribution in [0.5, 0.6) is 0 Å². The third-order valence-electron chi connectivity index (χ3n) is 1.96. The van der Waals surface area contributed by atoms with Gasteiger partial charge in [-0.2, -0.15) is 0 Å². The number of carbonyl (C=O) groups excluding carboxylic acids is 2. The SMILES string of the molecule is CC(NC(=O)c1c(F)cccc1F)C(N)=O. The predicted octanol–water partition coefficient (Wildman–Crippen LogP) is 0.568. The summed E-state index contributed by atoms with van der Waals surface area (Å²) in [5.74, 6) is -3.78. The van der Waals surface area contributed by atoms with Crippen molar-refractivity contribution in [2.75, 3.05) is 0 Å². The number of carbonyl (C=O) groups is 2. The summed E-state index contributed by atoms with van der Waals surface area (Å²) in [6.07, 6.45) is 0. The third kappa shape index (κ3) is 2.53. The predicted molar refractivity (Wildman–Crippen MR) is 52.5 cm³/mol. The average molecular weight is 228 g/mol. The molecule has 0 aliphatic rings. The molecule has 3 N–H and O–H groups in total. The molecule has 0 aromatic heterocycles. The van der Waals surface area contributed by atoms with Gasteiger partial charge in [0, 0.05) is 0 Å². The van der Waals surface area contributed by atoms with Gasteiger partial charge in [0.2, 0.25) is 5.91 Å². The number of benzene rings is 1. The van der Waals surface area contributed by atoms with Gasteiger partial charge in [-0.05, 0) is 19.1 Å². The lowest BCUT2D eigenvalue weighted by Gasteiger charge is -2.10. The van der Waals surface area contributed by atoms with Crippen LogP contribution in [-0.4, -0.2) is 17.9 Å². The highest BCUT2D eigenvalue weighted by Gasteiger charge is 2.20. The van der Waals surface area contributed by atoms with Crippen molar-refractivity contribution in [2.45, 2.75) is 13.0 Å². The van der Waals surface area contributed by atoms with Crippen LogP contribution >= 0.6 is 0 Å². The molecule has 4 nitrogen and oxygen atoms in total. The fourth-order valence-corrected chi connectivity index (χ4v) is 1.05. The Hall–Kier alpha value is -1.98. The van der Waals surface area contributed by atoms with Gasteiger partial charge in [0.15, 0.2) is 0 Å². The van der Waals surface area contributed by atoms with Gasteiger partial charge in [0.25, 0.3) is 5.91 Å². The van der Waals surface area contributed by atoms with Crippen molar-refractivity contribution >= 4 is 11.8 Å². The quantitative estimate of drug-likeness (QED) is 0.793. The largest absolute Gasteiger partial charge is 0.368 e. The molecule has 16 heavy (non-hydrogen) atoms. The van der Waals surface area contributed by atoms with Gasteiger partial charge in [-0.1, -0.05) is 6.07 Å². The van der Waals surface area contributed by atoms with E-state index < -0.39 is 35.1 Å². The molecule has 0 aliphatic heterocycles. The number of nitrogens with two attached hydrogens (primary N) is 1. The summed E-state index contributed by atoms with van der Waals surface area (Å²) in [6.45, 7) is 1.32. The van der Waals surface area contributed by atoms with Gasteiger partial charge in [-0.15, -0.1) is 0 Å². The van der Waals surface area contributed by atoms with E-state index in [0.717, 1.165) is 18.2 Å². The molecule has 1 atom stereocenters. The van der Waals surface area contributed by atoms with Gasteiger partial charge in [0.1, 0.15) is 23.2 Å². The highest BCUT2D eigenvalue weighted by atomic mass is 19.1. The maximum Gasteiger partial charge on any atom is 0.257 e. The van der Waals surface area contributed by atoms with Crippen LogP contribution in [0.2, 0.25) is 0 Å². The van der Waals surface area contributed by atoms with Crippen LogP contribution in [0, 0.1) is 11.6 Å². The van der Waals surface area contributed by atoms with Crippen LogP contribution < -0.4 is 11.1 Å². The Kier molecular flexibility index (Phi) is 3.55. The molecule has 1 aromatic carbocycles. The molecule has 0 radical (unpaired) electrons. The van der Waals surface area contributed by atoms with Crippen molar-refractivity contribution in [3.05, 3.63) is 35.4 Å². The number of halogens is 2. The van der Waals surface area contributed by atoms with Crippen LogP contribution in [0.25, 0.3) is 0 Å². The molecule has 0 aliphatic carbocycles. The molecule has 1 rings (SSSR count). The van der Waals surface area contributed by atoms with Crippen LogP contribution in [0.4, 0.5) is 8.78 Å². The first-order valence-corrected chi connectivity index (χ1v) is 4.47. The smallest absolute Gasteiger partial charge is 0.257 e. The summed E-state index contributed by atoms with van der Waals surface area (Å²) >= 11 is 0. The topological polar surface area (TPSA) is 72.2 Å². The monoisotopic (exact) mass is 228 g/mol. The zero-order valence-electron chi connectivity index (χ0n) is 8.46. The number of hydrogen-bond acceptors (Lipinski definition) is 2. The minimum Gasteiger partial charge on any atom is -0.368 e. The fraction of sp³-hybridized carbons (Fsp3) is 0.200. The lowest BCUT2D eigenvalue weighted by atomic mass is 10.1. The summed E-state index contributed by atoms with van der Waals surface area (Å²) in [5.41, 5.74) is 4.17.